The molecular formula is C65H92O6. The molecule has 0 aromatic rings. The third-order valence-electron chi connectivity index (χ3n) is 10.1. The number of hydrogen-bond donors (Lipinski definition) is 0. The normalized spacial score (nSPS) is 13.8. The van der Waals surface area contributed by atoms with Crippen LogP contribution in [0.15, 0.2) is 207 Å². The lowest BCUT2D eigenvalue weighted by Crippen LogP contribution is -2.30. The molecule has 0 aliphatic heterocycles. The topological polar surface area (TPSA) is 78.9 Å². The van der Waals surface area contributed by atoms with Gasteiger partial charge in [-0.25, -0.2) is 0 Å². The van der Waals surface area contributed by atoms with E-state index in [9.17, 15) is 14.4 Å². The van der Waals surface area contributed by atoms with Crippen molar-refractivity contribution in [2.45, 2.75) is 168 Å². The van der Waals surface area contributed by atoms with E-state index in [2.05, 4.69) is 93.7 Å². The van der Waals surface area contributed by atoms with Crippen molar-refractivity contribution >= 4 is 17.9 Å². The van der Waals surface area contributed by atoms with Crippen molar-refractivity contribution < 1.29 is 28.6 Å². The minimum atomic E-state index is -0.857. The van der Waals surface area contributed by atoms with Crippen LogP contribution in [0.2, 0.25) is 0 Å². The minimum Gasteiger partial charge on any atom is -0.462 e. The van der Waals surface area contributed by atoms with Crippen LogP contribution in [0.5, 0.6) is 0 Å². The standard InChI is InChI=1S/C65H92O6/c1-4-7-10-13-16-19-22-25-28-31-32-35-37-40-43-46-49-52-55-58-64(67)70-61-62(71-65(68)59-56-53-50-47-44-41-38-34-30-27-24-21-18-15-12-9-6-3)60-69-63(66)57-54-51-48-45-42-39-36-33-29-26-23-20-17-14-11-8-5-2/h7,9-10,12-13,15-22,24-32,34-41,43-45,48,62H,4-6,8,11,14,23,33,42,46-47,49-61H2,1-3H3/b10-7-,12-9-,16-13-,18-15-,20-17-,22-19-,24-21-,28-25-,29-26-,30-27-,32-31+,37-35-,38-34+,39-36-,43-40-,44-41-,48-45-. The van der Waals surface area contributed by atoms with Gasteiger partial charge in [-0.1, -0.05) is 253 Å². The Morgan fingerprint density at radius 2 is 0.620 bits per heavy atom. The lowest BCUT2D eigenvalue weighted by atomic mass is 10.1. The molecule has 6 heteroatoms. The molecule has 0 heterocycles. The summed E-state index contributed by atoms with van der Waals surface area (Å²) in [6.45, 7) is 6.15. The van der Waals surface area contributed by atoms with E-state index in [1.807, 2.05) is 134 Å². The van der Waals surface area contributed by atoms with E-state index in [0.29, 0.717) is 19.3 Å². The van der Waals surface area contributed by atoms with Crippen LogP contribution in [0.4, 0.5) is 0 Å². The average molecular weight is 969 g/mol. The molecule has 1 unspecified atom stereocenters. The SMILES string of the molecule is CC\C=C/C=C\C=C/C=C\C=C\C=C/C=C\CCCCCC(=O)OCC(COC(=O)CCC/C=C\C/C=C\C/C=C\C/C=C\CCCCC)OC(=O)CCCCC\C=C/C=C/C=C\C=C/C=C\C=C/CC. The first-order valence-corrected chi connectivity index (χ1v) is 26.8. The fraction of sp³-hybridized carbons (Fsp3) is 0.431. The molecule has 0 radical (unpaired) electrons. The van der Waals surface area contributed by atoms with Crippen LogP contribution in [0.3, 0.4) is 0 Å². The summed E-state index contributed by atoms with van der Waals surface area (Å²) in [4.78, 5) is 38.1. The van der Waals surface area contributed by atoms with Gasteiger partial charge in [0.25, 0.3) is 0 Å². The number of ether oxygens (including phenoxy) is 3. The number of carbonyl (C=O) groups excluding carboxylic acids is 3. The summed E-state index contributed by atoms with van der Waals surface area (Å²) in [6, 6.07) is 0. The molecular weight excluding hydrogens is 877 g/mol. The van der Waals surface area contributed by atoms with E-state index in [1.165, 1.54) is 25.7 Å². The number of unbranched alkanes of at least 4 members (excludes halogenated alkanes) is 10. The van der Waals surface area contributed by atoms with Gasteiger partial charge in [-0.2, -0.15) is 0 Å². The second-order valence-corrected chi connectivity index (χ2v) is 16.7. The summed E-state index contributed by atoms with van der Waals surface area (Å²) < 4.78 is 16.7. The zero-order chi connectivity index (χ0) is 51.4. The Morgan fingerprint density at radius 1 is 0.310 bits per heavy atom. The van der Waals surface area contributed by atoms with Gasteiger partial charge in [0.1, 0.15) is 13.2 Å². The van der Waals surface area contributed by atoms with Gasteiger partial charge in [-0.3, -0.25) is 14.4 Å². The van der Waals surface area contributed by atoms with E-state index in [4.69, 9.17) is 14.2 Å². The van der Waals surface area contributed by atoms with E-state index in [1.54, 1.807) is 0 Å². The Hall–Kier alpha value is -6.01. The molecule has 6 nitrogen and oxygen atoms in total. The third kappa shape index (κ3) is 54.8. The van der Waals surface area contributed by atoms with Gasteiger partial charge in [0, 0.05) is 19.3 Å². The van der Waals surface area contributed by atoms with Crippen molar-refractivity contribution in [1.29, 1.82) is 0 Å². The highest BCUT2D eigenvalue weighted by Gasteiger charge is 2.19. The summed E-state index contributed by atoms with van der Waals surface area (Å²) in [6.07, 6.45) is 88.0. The van der Waals surface area contributed by atoms with Crippen LogP contribution in [0.1, 0.15) is 162 Å². The first-order valence-electron chi connectivity index (χ1n) is 26.8. The molecule has 0 aromatic carbocycles. The van der Waals surface area contributed by atoms with Gasteiger partial charge in [0.15, 0.2) is 6.10 Å². The fourth-order valence-electron chi connectivity index (χ4n) is 6.15. The van der Waals surface area contributed by atoms with Crippen molar-refractivity contribution in [3.63, 3.8) is 0 Å². The Labute approximate surface area is 432 Å². The lowest BCUT2D eigenvalue weighted by Gasteiger charge is -2.18. The maximum absolute atomic E-state index is 12.8. The van der Waals surface area contributed by atoms with E-state index >= 15 is 0 Å². The molecule has 0 amide bonds. The van der Waals surface area contributed by atoms with Gasteiger partial charge in [-0.05, 0) is 96.3 Å². The zero-order valence-electron chi connectivity index (χ0n) is 44.1. The molecule has 0 N–H and O–H groups in total. The molecule has 0 rings (SSSR count). The molecule has 0 saturated heterocycles. The molecule has 1 atom stereocenters. The van der Waals surface area contributed by atoms with Crippen LogP contribution in [-0.4, -0.2) is 37.2 Å². The average Bonchev–Trinajstić information content (AvgIpc) is 3.37. The van der Waals surface area contributed by atoms with Crippen LogP contribution in [0, 0.1) is 0 Å². The monoisotopic (exact) mass is 969 g/mol. The predicted octanol–water partition coefficient (Wildman–Crippen LogP) is 18.1. The van der Waals surface area contributed by atoms with Crippen molar-refractivity contribution in [2.24, 2.45) is 0 Å². The molecule has 0 aromatic heterocycles. The lowest BCUT2D eigenvalue weighted by molar-refractivity contribution is -0.167. The molecule has 0 bridgehead atoms. The summed E-state index contributed by atoms with van der Waals surface area (Å²) in [5.74, 6) is -1.11. The first kappa shape index (κ1) is 65.0. The maximum atomic E-state index is 12.8. The second kappa shape index (κ2) is 56.6. The largest absolute Gasteiger partial charge is 0.462 e. The van der Waals surface area contributed by atoms with Gasteiger partial charge in [0.05, 0.1) is 0 Å². The molecule has 0 saturated carbocycles. The van der Waals surface area contributed by atoms with E-state index in [0.717, 1.165) is 77.0 Å². The summed E-state index contributed by atoms with van der Waals surface area (Å²) in [7, 11) is 0. The highest BCUT2D eigenvalue weighted by Crippen LogP contribution is 2.10. The second-order valence-electron chi connectivity index (χ2n) is 16.7. The van der Waals surface area contributed by atoms with Gasteiger partial charge >= 0.3 is 17.9 Å². The van der Waals surface area contributed by atoms with Crippen molar-refractivity contribution in [3.05, 3.63) is 207 Å². The van der Waals surface area contributed by atoms with Crippen molar-refractivity contribution in [3.8, 4) is 0 Å². The van der Waals surface area contributed by atoms with E-state index in [-0.39, 0.29) is 44.4 Å². The van der Waals surface area contributed by atoms with Crippen molar-refractivity contribution in [1.82, 2.24) is 0 Å². The number of hydrogen-bond acceptors (Lipinski definition) is 6. The third-order valence-corrected chi connectivity index (χ3v) is 10.1. The number of esters is 3. The molecule has 0 fully saturated rings. The van der Waals surface area contributed by atoms with Crippen LogP contribution < -0.4 is 0 Å². The summed E-state index contributed by atoms with van der Waals surface area (Å²) >= 11 is 0. The summed E-state index contributed by atoms with van der Waals surface area (Å²) in [5.41, 5.74) is 0. The predicted molar refractivity (Wildman–Crippen MR) is 306 cm³/mol. The van der Waals surface area contributed by atoms with Gasteiger partial charge < -0.3 is 14.2 Å². The Balaban J connectivity index is 4.73. The van der Waals surface area contributed by atoms with Gasteiger partial charge in [-0.15, -0.1) is 0 Å². The molecule has 0 aliphatic carbocycles. The highest BCUT2D eigenvalue weighted by atomic mass is 16.6. The highest BCUT2D eigenvalue weighted by molar-refractivity contribution is 5.71. The Kier molecular flexibility index (Phi) is 51.8. The fourth-order valence-corrected chi connectivity index (χ4v) is 6.15. The number of rotatable bonds is 44. The number of allylic oxidation sites excluding steroid dienone is 34. The maximum Gasteiger partial charge on any atom is 0.306 e. The van der Waals surface area contributed by atoms with Crippen LogP contribution >= 0.6 is 0 Å². The van der Waals surface area contributed by atoms with E-state index < -0.39 is 12.1 Å². The van der Waals surface area contributed by atoms with Crippen LogP contribution in [-0.2, 0) is 28.6 Å². The summed E-state index contributed by atoms with van der Waals surface area (Å²) in [5, 5.41) is 0. The zero-order valence-corrected chi connectivity index (χ0v) is 44.1. The molecule has 0 spiro atoms. The van der Waals surface area contributed by atoms with Crippen molar-refractivity contribution in [2.75, 3.05) is 13.2 Å². The number of carbonyl (C=O) groups is 3. The van der Waals surface area contributed by atoms with Gasteiger partial charge in [0.2, 0.25) is 0 Å². The molecule has 0 aliphatic rings. The molecule has 388 valence electrons. The Morgan fingerprint density at radius 3 is 1.01 bits per heavy atom. The Bertz CT molecular complexity index is 1830. The minimum absolute atomic E-state index is 0.151. The first-order chi connectivity index (χ1) is 35.0. The smallest absolute Gasteiger partial charge is 0.306 e. The van der Waals surface area contributed by atoms with Crippen LogP contribution in [0.25, 0.3) is 0 Å². The molecule has 71 heavy (non-hydrogen) atoms. The quantitative estimate of drug-likeness (QED) is 0.0199.